The molecule has 1 aromatic carbocycles. The zero-order valence-corrected chi connectivity index (χ0v) is 14.7. The van der Waals surface area contributed by atoms with E-state index < -0.39 is 5.91 Å². The molecule has 0 saturated carbocycles. The van der Waals surface area contributed by atoms with Crippen LogP contribution in [0.25, 0.3) is 17.0 Å². The van der Waals surface area contributed by atoms with Gasteiger partial charge in [-0.1, -0.05) is 24.3 Å². The number of hydrazine groups is 1. The van der Waals surface area contributed by atoms with Crippen molar-refractivity contribution in [3.05, 3.63) is 69.0 Å². The molecule has 0 bridgehead atoms. The minimum atomic E-state index is -0.424. The summed E-state index contributed by atoms with van der Waals surface area (Å²) < 4.78 is 0.849. The lowest BCUT2D eigenvalue weighted by Gasteiger charge is -2.03. The number of hydrogen-bond donors (Lipinski definition) is 2. The molecule has 3 rings (SSSR count). The van der Waals surface area contributed by atoms with Crippen molar-refractivity contribution in [2.24, 2.45) is 0 Å². The number of benzene rings is 1. The van der Waals surface area contributed by atoms with Gasteiger partial charge in [0.1, 0.15) is 0 Å². The van der Waals surface area contributed by atoms with Crippen LogP contribution >= 0.6 is 27.3 Å². The Labute approximate surface area is 150 Å². The molecule has 0 saturated heterocycles. The van der Waals surface area contributed by atoms with Gasteiger partial charge in [-0.15, -0.1) is 11.3 Å². The number of aromatic nitrogens is 1. The van der Waals surface area contributed by atoms with Gasteiger partial charge in [-0.25, -0.2) is 0 Å². The Morgan fingerprint density at radius 1 is 1.08 bits per heavy atom. The molecule has 0 unspecified atom stereocenters. The second kappa shape index (κ2) is 7.37. The Kier molecular flexibility index (Phi) is 5.02. The topological polar surface area (TPSA) is 71.1 Å². The van der Waals surface area contributed by atoms with Gasteiger partial charge in [0.25, 0.3) is 11.8 Å². The van der Waals surface area contributed by atoms with E-state index in [1.807, 2.05) is 30.3 Å². The van der Waals surface area contributed by atoms with Crippen molar-refractivity contribution in [2.75, 3.05) is 0 Å². The summed E-state index contributed by atoms with van der Waals surface area (Å²) in [6.45, 7) is 0. The van der Waals surface area contributed by atoms with Gasteiger partial charge in [0.05, 0.1) is 14.2 Å². The summed E-state index contributed by atoms with van der Waals surface area (Å²) >= 11 is 4.57. The zero-order valence-electron chi connectivity index (χ0n) is 12.3. The fourth-order valence-corrected chi connectivity index (χ4v) is 3.37. The minimum absolute atomic E-state index is 0.362. The third kappa shape index (κ3) is 3.87. The third-order valence-corrected chi connectivity index (χ3v) is 4.80. The molecule has 0 radical (unpaired) electrons. The van der Waals surface area contributed by atoms with E-state index in [2.05, 4.69) is 31.8 Å². The van der Waals surface area contributed by atoms with Crippen LogP contribution in [0.5, 0.6) is 0 Å². The molecule has 0 aliphatic carbocycles. The van der Waals surface area contributed by atoms with Crippen LogP contribution in [0.15, 0.2) is 58.5 Å². The number of amides is 2. The normalized spacial score (nSPS) is 10.9. The quantitative estimate of drug-likeness (QED) is 0.520. The first kappa shape index (κ1) is 16.4. The van der Waals surface area contributed by atoms with E-state index in [1.54, 1.807) is 24.4 Å². The standard InChI is InChI=1S/C17H12BrN3O2S/c18-14-8-7-13(24-14)17(23)21-20-15(22)9-6-12-4-1-3-11-5-2-10-19-16(11)12/h1-10H,(H,20,22)(H,21,23)/b9-6+. The average Bonchev–Trinajstić information content (AvgIpc) is 3.04. The van der Waals surface area contributed by atoms with Crippen LogP contribution in [-0.2, 0) is 4.79 Å². The highest BCUT2D eigenvalue weighted by atomic mass is 79.9. The molecule has 24 heavy (non-hydrogen) atoms. The maximum atomic E-state index is 11.9. The van der Waals surface area contributed by atoms with Crippen LogP contribution in [0.1, 0.15) is 15.2 Å². The highest BCUT2D eigenvalue weighted by Crippen LogP contribution is 2.21. The van der Waals surface area contributed by atoms with Gasteiger partial charge in [0.2, 0.25) is 0 Å². The number of para-hydroxylation sites is 1. The molecule has 0 aliphatic rings. The Morgan fingerprint density at radius 2 is 1.92 bits per heavy atom. The molecule has 0 spiro atoms. The summed E-state index contributed by atoms with van der Waals surface area (Å²) in [7, 11) is 0. The van der Waals surface area contributed by atoms with Crippen LogP contribution < -0.4 is 10.9 Å². The molecule has 2 N–H and O–H groups in total. The number of rotatable bonds is 3. The van der Waals surface area contributed by atoms with Crippen molar-refractivity contribution in [3.8, 4) is 0 Å². The number of hydrogen-bond acceptors (Lipinski definition) is 4. The van der Waals surface area contributed by atoms with Crippen molar-refractivity contribution < 1.29 is 9.59 Å². The maximum absolute atomic E-state index is 11.9. The molecule has 5 nitrogen and oxygen atoms in total. The first-order chi connectivity index (χ1) is 11.6. The molecule has 2 heterocycles. The van der Waals surface area contributed by atoms with Crippen molar-refractivity contribution in [3.63, 3.8) is 0 Å². The predicted molar refractivity (Wildman–Crippen MR) is 98.4 cm³/mol. The van der Waals surface area contributed by atoms with Crippen LogP contribution in [0, 0.1) is 0 Å². The van der Waals surface area contributed by atoms with Gasteiger partial charge in [-0.2, -0.15) is 0 Å². The largest absolute Gasteiger partial charge is 0.279 e. The molecule has 7 heteroatoms. The number of halogens is 1. The monoisotopic (exact) mass is 401 g/mol. The van der Waals surface area contributed by atoms with E-state index in [4.69, 9.17) is 0 Å². The summed E-state index contributed by atoms with van der Waals surface area (Å²) in [5.74, 6) is -0.786. The number of nitrogens with zero attached hydrogens (tertiary/aromatic N) is 1. The summed E-state index contributed by atoms with van der Waals surface area (Å²) in [6, 6.07) is 13.0. The SMILES string of the molecule is O=C(/C=C/c1cccc2cccnc12)NNC(=O)c1ccc(Br)s1. The fourth-order valence-electron chi connectivity index (χ4n) is 2.09. The lowest BCUT2D eigenvalue weighted by molar-refractivity contribution is -0.117. The van der Waals surface area contributed by atoms with Gasteiger partial charge >= 0.3 is 0 Å². The van der Waals surface area contributed by atoms with E-state index in [0.29, 0.717) is 4.88 Å². The third-order valence-electron chi connectivity index (χ3n) is 3.17. The Morgan fingerprint density at radius 3 is 2.71 bits per heavy atom. The van der Waals surface area contributed by atoms with Crippen LogP contribution in [0.4, 0.5) is 0 Å². The molecular weight excluding hydrogens is 390 g/mol. The van der Waals surface area contributed by atoms with Gasteiger partial charge < -0.3 is 0 Å². The van der Waals surface area contributed by atoms with Gasteiger partial charge in [0, 0.05) is 23.2 Å². The van der Waals surface area contributed by atoms with Crippen LogP contribution in [0.2, 0.25) is 0 Å². The number of pyridine rings is 1. The number of carbonyl (C=O) groups is 2. The Balaban J connectivity index is 1.64. The van der Waals surface area contributed by atoms with Gasteiger partial charge in [-0.05, 0) is 40.2 Å². The predicted octanol–water partition coefficient (Wildman–Crippen LogP) is 3.53. The first-order valence-electron chi connectivity index (χ1n) is 7.01. The number of carbonyl (C=O) groups excluding carboxylic acids is 2. The smallest absolute Gasteiger partial charge is 0.268 e. The van der Waals surface area contributed by atoms with Crippen LogP contribution in [0.3, 0.4) is 0 Å². The molecular formula is C17H12BrN3O2S. The minimum Gasteiger partial charge on any atom is -0.268 e. The molecule has 0 aliphatic heterocycles. The lowest BCUT2D eigenvalue weighted by Crippen LogP contribution is -2.40. The molecule has 2 aromatic heterocycles. The van der Waals surface area contributed by atoms with E-state index in [-0.39, 0.29) is 5.91 Å². The maximum Gasteiger partial charge on any atom is 0.279 e. The Hall–Kier alpha value is -2.51. The first-order valence-corrected chi connectivity index (χ1v) is 8.62. The highest BCUT2D eigenvalue weighted by Gasteiger charge is 2.08. The van der Waals surface area contributed by atoms with Crippen molar-refractivity contribution in [1.29, 1.82) is 0 Å². The van der Waals surface area contributed by atoms with Gasteiger partial charge in [-0.3, -0.25) is 25.4 Å². The van der Waals surface area contributed by atoms with E-state index >= 15 is 0 Å². The molecule has 0 atom stereocenters. The molecule has 0 fully saturated rings. The van der Waals surface area contributed by atoms with Gasteiger partial charge in [0.15, 0.2) is 0 Å². The van der Waals surface area contributed by atoms with E-state index in [0.717, 1.165) is 20.3 Å². The Bertz CT molecular complexity index is 931. The fraction of sp³-hybridized carbons (Fsp3) is 0. The number of fused-ring (bicyclic) bond motifs is 1. The molecule has 120 valence electrons. The van der Waals surface area contributed by atoms with E-state index in [9.17, 15) is 9.59 Å². The van der Waals surface area contributed by atoms with Crippen LogP contribution in [-0.4, -0.2) is 16.8 Å². The summed E-state index contributed by atoms with van der Waals surface area (Å²) in [6.07, 6.45) is 4.73. The zero-order chi connectivity index (χ0) is 16.9. The molecule has 3 aromatic rings. The van der Waals surface area contributed by atoms with Crippen molar-refractivity contribution in [2.45, 2.75) is 0 Å². The van der Waals surface area contributed by atoms with E-state index in [1.165, 1.54) is 17.4 Å². The summed E-state index contributed by atoms with van der Waals surface area (Å²) in [4.78, 5) is 28.5. The second-order valence-electron chi connectivity index (χ2n) is 4.80. The molecule has 2 amide bonds. The lowest BCUT2D eigenvalue weighted by atomic mass is 10.1. The number of thiophene rings is 1. The van der Waals surface area contributed by atoms with Crippen molar-refractivity contribution >= 4 is 56.1 Å². The average molecular weight is 402 g/mol. The van der Waals surface area contributed by atoms with Crippen molar-refractivity contribution in [1.82, 2.24) is 15.8 Å². The highest BCUT2D eigenvalue weighted by molar-refractivity contribution is 9.11. The second-order valence-corrected chi connectivity index (χ2v) is 7.27. The summed E-state index contributed by atoms with van der Waals surface area (Å²) in [5, 5.41) is 0.997. The summed E-state index contributed by atoms with van der Waals surface area (Å²) in [5.41, 5.74) is 6.37. The number of nitrogens with one attached hydrogen (secondary N) is 2.